The van der Waals surface area contributed by atoms with E-state index in [0.29, 0.717) is 11.1 Å². The lowest BCUT2D eigenvalue weighted by molar-refractivity contribution is -0.134. The van der Waals surface area contributed by atoms with Gasteiger partial charge in [0.2, 0.25) is 41.4 Å². The molecule has 320 valence electrons. The van der Waals surface area contributed by atoms with E-state index in [4.69, 9.17) is 17.2 Å². The highest BCUT2D eigenvalue weighted by atomic mass is 32.1. The minimum atomic E-state index is -1.29. The fourth-order valence-corrected chi connectivity index (χ4v) is 6.93. The first-order valence-corrected chi connectivity index (χ1v) is 20.3. The number of aliphatic imine (C=N–C) groups is 1. The fourth-order valence-electron chi connectivity index (χ4n) is 6.40. The number of nitrogens with zero attached hydrogens (tertiary/aromatic N) is 1. The molecule has 60 heavy (non-hydrogen) atoms. The first kappa shape index (κ1) is 46.4. The van der Waals surface area contributed by atoms with E-state index in [1.165, 1.54) is 6.92 Å². The van der Waals surface area contributed by atoms with Crippen molar-refractivity contribution in [2.24, 2.45) is 22.2 Å². The molecule has 4 rings (SSSR count). The van der Waals surface area contributed by atoms with Crippen LogP contribution in [0.3, 0.4) is 0 Å². The van der Waals surface area contributed by atoms with Crippen molar-refractivity contribution in [1.29, 1.82) is 0 Å². The van der Waals surface area contributed by atoms with E-state index in [-0.39, 0.29) is 49.7 Å². The van der Waals surface area contributed by atoms with E-state index in [1.54, 1.807) is 12.3 Å². The molecule has 0 aliphatic rings. The van der Waals surface area contributed by atoms with Crippen molar-refractivity contribution in [3.05, 3.63) is 84.1 Å². The maximum absolute atomic E-state index is 14.3. The molecule has 0 aliphatic heterocycles. The molecule has 18 nitrogen and oxygen atoms in total. The first-order valence-electron chi connectivity index (χ1n) is 19.0. The van der Waals surface area contributed by atoms with Crippen LogP contribution in [-0.2, 0) is 46.4 Å². The summed E-state index contributed by atoms with van der Waals surface area (Å²) >= 11 is 8.23. The van der Waals surface area contributed by atoms with Crippen LogP contribution >= 0.6 is 25.3 Å². The number of H-pyrrole nitrogens is 1. The molecule has 1 heterocycles. The van der Waals surface area contributed by atoms with Gasteiger partial charge in [0, 0.05) is 54.9 Å². The third kappa shape index (κ3) is 13.7. The number of para-hydroxylation sites is 1. The van der Waals surface area contributed by atoms with Crippen molar-refractivity contribution >= 4 is 94.2 Å². The van der Waals surface area contributed by atoms with Gasteiger partial charge in [-0.15, -0.1) is 0 Å². The molecule has 7 amide bonds. The van der Waals surface area contributed by atoms with Crippen LogP contribution in [0.1, 0.15) is 30.9 Å². The summed E-state index contributed by atoms with van der Waals surface area (Å²) in [5.41, 5.74) is 18.7. The molecule has 0 spiro atoms. The number of amides is 7. The van der Waals surface area contributed by atoms with Gasteiger partial charge in [-0.05, 0) is 40.8 Å². The van der Waals surface area contributed by atoms with Crippen molar-refractivity contribution in [3.63, 3.8) is 0 Å². The van der Waals surface area contributed by atoms with Gasteiger partial charge in [-0.2, -0.15) is 25.3 Å². The van der Waals surface area contributed by atoms with E-state index in [0.717, 1.165) is 21.7 Å². The zero-order valence-electron chi connectivity index (χ0n) is 32.9. The number of thiol groups is 2. The zero-order chi connectivity index (χ0) is 43.8. The molecule has 0 unspecified atom stereocenters. The molecule has 0 aliphatic carbocycles. The van der Waals surface area contributed by atoms with Gasteiger partial charge in [-0.1, -0.05) is 60.7 Å². The second-order valence-electron chi connectivity index (χ2n) is 13.9. The predicted octanol–water partition coefficient (Wildman–Crippen LogP) is -0.935. The van der Waals surface area contributed by atoms with Gasteiger partial charge in [0.05, 0.1) is 6.54 Å². The number of hydrogen-bond donors (Lipinski definition) is 12. The van der Waals surface area contributed by atoms with Crippen LogP contribution in [0.4, 0.5) is 0 Å². The van der Waals surface area contributed by atoms with Crippen LogP contribution in [0.2, 0.25) is 0 Å². The topological polar surface area (TPSA) is 298 Å². The Balaban J connectivity index is 1.63. The van der Waals surface area contributed by atoms with Gasteiger partial charge < -0.3 is 54.1 Å². The van der Waals surface area contributed by atoms with E-state index >= 15 is 0 Å². The average molecular weight is 862 g/mol. The second-order valence-corrected chi connectivity index (χ2v) is 14.6. The molecule has 5 atom stereocenters. The summed E-state index contributed by atoms with van der Waals surface area (Å²) < 4.78 is 0. The number of rotatable bonds is 22. The molecule has 0 bridgehead atoms. The molecule has 0 saturated carbocycles. The molecule has 0 saturated heterocycles. The number of nitrogens with two attached hydrogens (primary N) is 3. The quantitative estimate of drug-likeness (QED) is 0.0201. The normalized spacial score (nSPS) is 13.4. The summed E-state index contributed by atoms with van der Waals surface area (Å²) in [5, 5.41) is 18.1. The lowest BCUT2D eigenvalue weighted by Gasteiger charge is -2.26. The summed E-state index contributed by atoms with van der Waals surface area (Å²) in [4.78, 5) is 99.1. The summed E-state index contributed by atoms with van der Waals surface area (Å²) in [5.74, 6) is -5.22. The number of carbonyl (C=O) groups is 7. The lowest BCUT2D eigenvalue weighted by atomic mass is 9.97. The van der Waals surface area contributed by atoms with Gasteiger partial charge in [0.15, 0.2) is 5.96 Å². The van der Waals surface area contributed by atoms with Gasteiger partial charge in [-0.25, -0.2) is 0 Å². The van der Waals surface area contributed by atoms with Crippen LogP contribution in [0.5, 0.6) is 0 Å². The van der Waals surface area contributed by atoms with Crippen molar-refractivity contribution in [3.8, 4) is 0 Å². The summed E-state index contributed by atoms with van der Waals surface area (Å²) in [6, 6.07) is 14.4. The van der Waals surface area contributed by atoms with E-state index < -0.39 is 78.1 Å². The van der Waals surface area contributed by atoms with Gasteiger partial charge in [-0.3, -0.25) is 38.6 Å². The van der Waals surface area contributed by atoms with E-state index in [9.17, 15) is 33.6 Å². The van der Waals surface area contributed by atoms with E-state index in [2.05, 4.69) is 67.1 Å². The molecular weight excluding hydrogens is 811 g/mol. The Morgan fingerprint density at radius 2 is 1.23 bits per heavy atom. The van der Waals surface area contributed by atoms with Gasteiger partial charge in [0.1, 0.15) is 30.2 Å². The van der Waals surface area contributed by atoms with Crippen molar-refractivity contribution in [2.45, 2.75) is 62.8 Å². The van der Waals surface area contributed by atoms with Crippen LogP contribution < -0.4 is 49.1 Å². The molecular formula is C40H51N11O7S2. The average Bonchev–Trinajstić information content (AvgIpc) is 3.63. The molecule has 0 radical (unpaired) electrons. The van der Waals surface area contributed by atoms with Crippen LogP contribution in [0.15, 0.2) is 77.9 Å². The molecule has 13 N–H and O–H groups in total. The zero-order valence-corrected chi connectivity index (χ0v) is 34.7. The summed E-state index contributed by atoms with van der Waals surface area (Å²) in [6.07, 6.45) is 1.87. The molecule has 20 heteroatoms. The molecule has 4 aromatic rings. The first-order chi connectivity index (χ1) is 28.7. The molecule has 0 fully saturated rings. The number of primary amides is 1. The Morgan fingerprint density at radius 1 is 0.650 bits per heavy atom. The van der Waals surface area contributed by atoms with Crippen LogP contribution in [0, 0.1) is 0 Å². The van der Waals surface area contributed by atoms with Crippen molar-refractivity contribution in [2.75, 3.05) is 24.6 Å². The van der Waals surface area contributed by atoms with Crippen LogP contribution in [-0.4, -0.2) is 107 Å². The van der Waals surface area contributed by atoms with Gasteiger partial charge >= 0.3 is 0 Å². The number of aromatic amines is 1. The Labute approximate surface area is 357 Å². The number of fused-ring (bicyclic) bond motifs is 2. The smallest absolute Gasteiger partial charge is 0.243 e. The standard InChI is InChI=1S/C40H51N11O7S2/c1-22(52)47-33(21-60)36(55)46-19-34(53)48-30(16-24-10-6-9-23-8-2-3-11-26(23)24)38(57)49-29(14-7-15-44-40(42)43)37(56)50-31(39(58)51-32(20-59)35(41)54)17-25-18-45-28-13-5-4-12-27(25)28/h2-6,8-13,18,29-33,45,59-60H,7,14-17,19-21H2,1H3,(H2,41,54)(H,46,55)(H,47,52)(H,48,53)(H,49,57)(H,50,56)(H,51,58)(H4,42,43,44)/t29-,30+,31-,32-,33-/m0/s1. The Kier molecular flexibility index (Phi) is 17.6. The van der Waals surface area contributed by atoms with Gasteiger partial charge in [0.25, 0.3) is 0 Å². The second kappa shape index (κ2) is 22.8. The minimum Gasteiger partial charge on any atom is -0.370 e. The third-order valence-corrected chi connectivity index (χ3v) is 10.1. The number of benzene rings is 3. The maximum atomic E-state index is 14.3. The number of aromatic nitrogens is 1. The highest BCUT2D eigenvalue weighted by Gasteiger charge is 2.32. The summed E-state index contributed by atoms with van der Waals surface area (Å²) in [6.45, 7) is 0.793. The third-order valence-electron chi connectivity index (χ3n) is 9.41. The molecule has 1 aromatic heterocycles. The fraction of sp³-hybridized carbons (Fsp3) is 0.350. The Bertz CT molecular complexity index is 2210. The lowest BCUT2D eigenvalue weighted by Crippen LogP contribution is -2.59. The molecule has 3 aromatic carbocycles. The maximum Gasteiger partial charge on any atom is 0.243 e. The SMILES string of the molecule is CC(=O)N[C@@H](CS)C(=O)NCC(=O)N[C@H](Cc1cccc2ccccc12)C(=O)N[C@@H](CCCN=C(N)N)C(=O)N[C@@H](Cc1c[nH]c2ccccc12)C(=O)N[C@@H](CS)C(N)=O. The Morgan fingerprint density at radius 3 is 1.90 bits per heavy atom. The van der Waals surface area contributed by atoms with Crippen LogP contribution in [0.25, 0.3) is 21.7 Å². The highest BCUT2D eigenvalue weighted by molar-refractivity contribution is 7.80. The minimum absolute atomic E-state index is 0.00438. The largest absolute Gasteiger partial charge is 0.370 e. The number of hydrogen-bond acceptors (Lipinski definition) is 10. The predicted molar refractivity (Wildman–Crippen MR) is 235 cm³/mol. The van der Waals surface area contributed by atoms with E-state index in [1.807, 2.05) is 60.7 Å². The number of carbonyl (C=O) groups excluding carboxylic acids is 7. The summed E-state index contributed by atoms with van der Waals surface area (Å²) in [7, 11) is 0. The number of guanidine groups is 1. The van der Waals surface area contributed by atoms with Crippen molar-refractivity contribution in [1.82, 2.24) is 36.9 Å². The Hall–Kier alpha value is -6.28. The number of nitrogens with one attached hydrogen (secondary N) is 7. The highest BCUT2D eigenvalue weighted by Crippen LogP contribution is 2.21. The van der Waals surface area contributed by atoms with Crippen molar-refractivity contribution < 1.29 is 33.6 Å². The monoisotopic (exact) mass is 861 g/mol.